The first-order valence-electron chi connectivity index (χ1n) is 9.98. The van der Waals surface area contributed by atoms with Crippen LogP contribution in [-0.2, 0) is 4.79 Å². The molecular weight excluding hydrogens is 268 g/mol. The molecule has 0 aromatic heterocycles. The molecule has 0 radical (unpaired) electrons. The molecule has 0 heterocycles. The van der Waals surface area contributed by atoms with E-state index in [-0.39, 0.29) is 0 Å². The number of carbonyl (C=O) groups is 1. The second-order valence-electron chi connectivity index (χ2n) is 6.62. The van der Waals surface area contributed by atoms with Gasteiger partial charge in [-0.3, -0.25) is 4.79 Å². The summed E-state index contributed by atoms with van der Waals surface area (Å²) in [5.74, 6) is 0.458. The molecule has 0 aromatic rings. The van der Waals surface area contributed by atoms with Crippen LogP contribution in [0.3, 0.4) is 0 Å². The van der Waals surface area contributed by atoms with Crippen LogP contribution in [0.15, 0.2) is 12.2 Å². The maximum atomic E-state index is 11.4. The summed E-state index contributed by atoms with van der Waals surface area (Å²) in [4.78, 5) is 11.4. The fourth-order valence-electron chi connectivity index (χ4n) is 2.80. The van der Waals surface area contributed by atoms with Gasteiger partial charge in [0.25, 0.3) is 0 Å². The minimum Gasteiger partial charge on any atom is -0.300 e. The van der Waals surface area contributed by atoms with Crippen molar-refractivity contribution in [2.45, 2.75) is 117 Å². The maximum Gasteiger partial charge on any atom is 0.132 e. The number of rotatable bonds is 17. The number of hydrogen-bond donors (Lipinski definition) is 0. The fourth-order valence-corrected chi connectivity index (χ4v) is 2.80. The van der Waals surface area contributed by atoms with Crippen molar-refractivity contribution >= 4 is 5.78 Å². The Morgan fingerprint density at radius 1 is 0.591 bits per heavy atom. The lowest BCUT2D eigenvalue weighted by molar-refractivity contribution is -0.119. The van der Waals surface area contributed by atoms with Gasteiger partial charge in [-0.15, -0.1) is 0 Å². The van der Waals surface area contributed by atoms with Crippen LogP contribution in [0.4, 0.5) is 0 Å². The predicted molar refractivity (Wildman–Crippen MR) is 99.4 cm³/mol. The zero-order valence-electron chi connectivity index (χ0n) is 15.4. The number of carbonyl (C=O) groups excluding carboxylic acids is 1. The van der Waals surface area contributed by atoms with Gasteiger partial charge in [-0.2, -0.15) is 0 Å². The van der Waals surface area contributed by atoms with E-state index in [1.54, 1.807) is 0 Å². The van der Waals surface area contributed by atoms with Crippen molar-refractivity contribution in [3.05, 3.63) is 12.2 Å². The van der Waals surface area contributed by atoms with Crippen LogP contribution >= 0.6 is 0 Å². The first kappa shape index (κ1) is 21.4. The Kier molecular flexibility index (Phi) is 18.0. The lowest BCUT2D eigenvalue weighted by Crippen LogP contribution is -1.96. The molecule has 22 heavy (non-hydrogen) atoms. The van der Waals surface area contributed by atoms with Gasteiger partial charge in [0.15, 0.2) is 0 Å². The maximum absolute atomic E-state index is 11.4. The van der Waals surface area contributed by atoms with E-state index in [0.717, 1.165) is 25.7 Å². The molecule has 0 aromatic carbocycles. The summed E-state index contributed by atoms with van der Waals surface area (Å²) in [6.07, 6.45) is 24.5. The summed E-state index contributed by atoms with van der Waals surface area (Å²) >= 11 is 0. The number of unbranched alkanes of at least 4 members (excludes halogenated alkanes) is 11. The third-order valence-electron chi connectivity index (χ3n) is 4.25. The number of allylic oxidation sites excluding steroid dienone is 2. The van der Waals surface area contributed by atoms with E-state index in [4.69, 9.17) is 0 Å². The summed E-state index contributed by atoms with van der Waals surface area (Å²) in [6.45, 7) is 4.35. The molecule has 0 amide bonds. The van der Waals surface area contributed by atoms with E-state index in [1.807, 2.05) is 0 Å². The van der Waals surface area contributed by atoms with Crippen molar-refractivity contribution in [3.8, 4) is 0 Å². The Labute approximate surface area is 140 Å². The second kappa shape index (κ2) is 18.5. The zero-order valence-corrected chi connectivity index (χ0v) is 15.4. The molecule has 0 aliphatic carbocycles. The zero-order chi connectivity index (χ0) is 16.3. The lowest BCUT2D eigenvalue weighted by atomic mass is 10.1. The largest absolute Gasteiger partial charge is 0.300 e. The Morgan fingerprint density at radius 2 is 1.09 bits per heavy atom. The van der Waals surface area contributed by atoms with Crippen LogP contribution in [0, 0.1) is 0 Å². The van der Waals surface area contributed by atoms with Gasteiger partial charge in [-0.25, -0.2) is 0 Å². The van der Waals surface area contributed by atoms with Gasteiger partial charge in [0, 0.05) is 12.8 Å². The molecule has 1 heteroatoms. The van der Waals surface area contributed by atoms with Crippen molar-refractivity contribution < 1.29 is 4.79 Å². The van der Waals surface area contributed by atoms with E-state index in [1.165, 1.54) is 77.0 Å². The highest BCUT2D eigenvalue weighted by molar-refractivity contribution is 5.78. The van der Waals surface area contributed by atoms with Crippen LogP contribution in [0.5, 0.6) is 0 Å². The normalized spacial score (nSPS) is 11.4. The van der Waals surface area contributed by atoms with Crippen LogP contribution in [0.1, 0.15) is 117 Å². The quantitative estimate of drug-likeness (QED) is 0.202. The third kappa shape index (κ3) is 17.5. The molecule has 0 saturated carbocycles. The molecule has 0 bridgehead atoms. The Morgan fingerprint density at radius 3 is 1.64 bits per heavy atom. The molecule has 0 unspecified atom stereocenters. The number of ketones is 1. The molecule has 0 aliphatic rings. The smallest absolute Gasteiger partial charge is 0.132 e. The highest BCUT2D eigenvalue weighted by atomic mass is 16.1. The molecule has 0 N–H and O–H groups in total. The van der Waals surface area contributed by atoms with Crippen LogP contribution in [0.2, 0.25) is 0 Å². The van der Waals surface area contributed by atoms with Gasteiger partial charge in [0.05, 0.1) is 0 Å². The summed E-state index contributed by atoms with van der Waals surface area (Å²) in [5, 5.41) is 0. The van der Waals surface area contributed by atoms with E-state index < -0.39 is 0 Å². The molecular formula is C21H40O. The van der Waals surface area contributed by atoms with Gasteiger partial charge in [0.1, 0.15) is 5.78 Å². The lowest BCUT2D eigenvalue weighted by Gasteiger charge is -2.00. The monoisotopic (exact) mass is 308 g/mol. The second-order valence-corrected chi connectivity index (χ2v) is 6.62. The fraction of sp³-hybridized carbons (Fsp3) is 0.857. The van der Waals surface area contributed by atoms with Crippen molar-refractivity contribution in [1.29, 1.82) is 0 Å². The van der Waals surface area contributed by atoms with Gasteiger partial charge in [0.2, 0.25) is 0 Å². The van der Waals surface area contributed by atoms with Crippen molar-refractivity contribution in [2.75, 3.05) is 0 Å². The number of hydrogen-bond acceptors (Lipinski definition) is 1. The summed E-state index contributed by atoms with van der Waals surface area (Å²) in [7, 11) is 0. The first-order valence-corrected chi connectivity index (χ1v) is 9.98. The number of Topliss-reactive ketones (excluding diaryl/α,β-unsaturated/α-hetero) is 1. The average Bonchev–Trinajstić information content (AvgIpc) is 2.51. The highest BCUT2D eigenvalue weighted by Crippen LogP contribution is 2.10. The van der Waals surface area contributed by atoms with Crippen LogP contribution in [0.25, 0.3) is 0 Å². The van der Waals surface area contributed by atoms with Gasteiger partial charge in [-0.1, -0.05) is 77.4 Å². The summed E-state index contributed by atoms with van der Waals surface area (Å²) in [6, 6.07) is 0. The van der Waals surface area contributed by atoms with Gasteiger partial charge >= 0.3 is 0 Å². The van der Waals surface area contributed by atoms with Crippen LogP contribution in [-0.4, -0.2) is 5.78 Å². The van der Waals surface area contributed by atoms with Gasteiger partial charge in [-0.05, 0) is 38.5 Å². The van der Waals surface area contributed by atoms with Crippen molar-refractivity contribution in [1.82, 2.24) is 0 Å². The molecule has 0 fully saturated rings. The topological polar surface area (TPSA) is 17.1 Å². The van der Waals surface area contributed by atoms with E-state index >= 15 is 0 Å². The van der Waals surface area contributed by atoms with E-state index in [2.05, 4.69) is 26.0 Å². The summed E-state index contributed by atoms with van der Waals surface area (Å²) in [5.41, 5.74) is 0. The highest BCUT2D eigenvalue weighted by Gasteiger charge is 1.99. The Hall–Kier alpha value is -0.590. The van der Waals surface area contributed by atoms with Crippen molar-refractivity contribution in [2.24, 2.45) is 0 Å². The molecule has 130 valence electrons. The standard InChI is InChI=1S/C21H40O/c1-3-5-6-7-8-9-10-11-12-13-14-15-16-17-18-20-21(22)19-4-2/h11-12H,3-10,13-20H2,1-2H3/b12-11-. The van der Waals surface area contributed by atoms with Gasteiger partial charge < -0.3 is 0 Å². The van der Waals surface area contributed by atoms with Crippen LogP contribution < -0.4 is 0 Å². The Bertz CT molecular complexity index is 255. The minimum absolute atomic E-state index is 0.458. The SMILES string of the molecule is CCCCCCCC/C=C\CCCCCCCC(=O)CCC. The molecule has 0 saturated heterocycles. The molecule has 0 rings (SSSR count). The molecule has 1 nitrogen and oxygen atoms in total. The molecule has 0 spiro atoms. The third-order valence-corrected chi connectivity index (χ3v) is 4.25. The molecule has 0 atom stereocenters. The average molecular weight is 309 g/mol. The van der Waals surface area contributed by atoms with E-state index in [9.17, 15) is 4.79 Å². The summed E-state index contributed by atoms with van der Waals surface area (Å²) < 4.78 is 0. The Balaban J connectivity index is 3.12. The predicted octanol–water partition coefficient (Wildman–Crippen LogP) is 7.39. The molecule has 0 aliphatic heterocycles. The van der Waals surface area contributed by atoms with Crippen molar-refractivity contribution in [3.63, 3.8) is 0 Å². The van der Waals surface area contributed by atoms with E-state index in [0.29, 0.717) is 5.78 Å². The minimum atomic E-state index is 0.458. The first-order chi connectivity index (χ1) is 10.8.